The summed E-state index contributed by atoms with van der Waals surface area (Å²) in [5.41, 5.74) is 0. The molecule has 0 aliphatic rings. The highest BCUT2D eigenvalue weighted by Crippen LogP contribution is 2.19. The maximum Gasteiger partial charge on any atom is 0.321 e. The maximum atomic E-state index is 12.6. The van der Waals surface area contributed by atoms with E-state index in [0.29, 0.717) is 0 Å². The molecule has 0 amide bonds. The molecule has 118 valence electrons. The molecular weight excluding hydrogens is 316 g/mol. The Morgan fingerprint density at radius 1 is 1.48 bits per heavy atom. The normalized spacial score (nSPS) is 11.9. The van der Waals surface area contributed by atoms with E-state index in [4.69, 9.17) is 16.3 Å². The quantitative estimate of drug-likeness (QED) is 0.562. The van der Waals surface area contributed by atoms with Gasteiger partial charge in [0, 0.05) is 12.7 Å². The Kier molecular flexibility index (Phi) is 6.57. The molecule has 0 saturated heterocycles. The summed E-state index contributed by atoms with van der Waals surface area (Å²) >= 11 is 5.73. The van der Waals surface area contributed by atoms with Crippen LogP contribution in [0.15, 0.2) is 23.2 Å². The molecule has 6 nitrogen and oxygen atoms in total. The lowest BCUT2D eigenvalue weighted by Gasteiger charge is -2.23. The van der Waals surface area contributed by atoms with Gasteiger partial charge in [0.25, 0.3) is 0 Å². The minimum Gasteiger partial charge on any atom is -0.465 e. The van der Waals surface area contributed by atoms with Crippen LogP contribution in [0, 0.1) is 5.92 Å². The first kappa shape index (κ1) is 17.9. The minimum absolute atomic E-state index is 0.00690. The molecule has 1 rings (SSSR count). The van der Waals surface area contributed by atoms with Crippen LogP contribution in [-0.2, 0) is 19.6 Å². The van der Waals surface area contributed by atoms with Gasteiger partial charge < -0.3 is 4.74 Å². The van der Waals surface area contributed by atoms with E-state index >= 15 is 0 Å². The lowest BCUT2D eigenvalue weighted by atomic mass is 10.2. The number of pyridine rings is 1. The fourth-order valence-electron chi connectivity index (χ4n) is 1.70. The third kappa shape index (κ3) is 5.26. The van der Waals surface area contributed by atoms with E-state index in [-0.39, 0.29) is 35.7 Å². The maximum absolute atomic E-state index is 12.6. The van der Waals surface area contributed by atoms with Gasteiger partial charge in [-0.1, -0.05) is 25.4 Å². The summed E-state index contributed by atoms with van der Waals surface area (Å²) in [5, 5.41) is 0.0803. The van der Waals surface area contributed by atoms with Crippen molar-refractivity contribution in [3.63, 3.8) is 0 Å². The smallest absolute Gasteiger partial charge is 0.321 e. The SMILES string of the molecule is CCOC(=O)CN(CC(C)C)S(=O)(=O)c1ccnc(Cl)c1. The molecule has 0 aromatic carbocycles. The predicted octanol–water partition coefficient (Wildman–Crippen LogP) is 1.94. The first-order valence-corrected chi connectivity index (χ1v) is 8.36. The molecule has 0 radical (unpaired) electrons. The van der Waals surface area contributed by atoms with Crippen molar-refractivity contribution in [3.8, 4) is 0 Å². The van der Waals surface area contributed by atoms with Gasteiger partial charge in [0.1, 0.15) is 11.7 Å². The molecule has 1 aromatic heterocycles. The summed E-state index contributed by atoms with van der Waals surface area (Å²) < 4.78 is 31.1. The van der Waals surface area contributed by atoms with Gasteiger partial charge in [-0.25, -0.2) is 13.4 Å². The van der Waals surface area contributed by atoms with Crippen LogP contribution in [0.5, 0.6) is 0 Å². The van der Waals surface area contributed by atoms with Crippen molar-refractivity contribution < 1.29 is 17.9 Å². The van der Waals surface area contributed by atoms with Gasteiger partial charge >= 0.3 is 5.97 Å². The Morgan fingerprint density at radius 2 is 2.14 bits per heavy atom. The number of esters is 1. The third-order valence-corrected chi connectivity index (χ3v) is 4.53. The molecule has 0 N–H and O–H groups in total. The van der Waals surface area contributed by atoms with Crippen LogP contribution in [0.2, 0.25) is 5.15 Å². The van der Waals surface area contributed by atoms with Gasteiger partial charge in [0.05, 0.1) is 11.5 Å². The Hall–Kier alpha value is -1.18. The molecule has 1 heterocycles. The summed E-state index contributed by atoms with van der Waals surface area (Å²) in [6.07, 6.45) is 1.31. The van der Waals surface area contributed by atoms with E-state index in [9.17, 15) is 13.2 Å². The minimum atomic E-state index is -3.82. The van der Waals surface area contributed by atoms with Crippen molar-refractivity contribution in [2.45, 2.75) is 25.7 Å². The molecular formula is C13H19ClN2O4S. The summed E-state index contributed by atoms with van der Waals surface area (Å²) in [5.74, 6) is -0.520. The number of ether oxygens (including phenoxy) is 1. The van der Waals surface area contributed by atoms with Crippen molar-refractivity contribution in [2.24, 2.45) is 5.92 Å². The molecule has 0 fully saturated rings. The number of aromatic nitrogens is 1. The van der Waals surface area contributed by atoms with E-state index in [1.165, 1.54) is 18.3 Å². The van der Waals surface area contributed by atoms with Crippen molar-refractivity contribution in [1.29, 1.82) is 0 Å². The molecule has 21 heavy (non-hydrogen) atoms. The van der Waals surface area contributed by atoms with Gasteiger partial charge in [0.15, 0.2) is 0 Å². The average molecular weight is 335 g/mol. The molecule has 0 atom stereocenters. The van der Waals surface area contributed by atoms with E-state index in [1.54, 1.807) is 6.92 Å². The number of nitrogens with zero attached hydrogens (tertiary/aromatic N) is 2. The Balaban J connectivity index is 3.08. The largest absolute Gasteiger partial charge is 0.465 e. The van der Waals surface area contributed by atoms with Crippen LogP contribution in [-0.4, -0.2) is 43.4 Å². The Morgan fingerprint density at radius 3 is 2.67 bits per heavy atom. The second-order valence-corrected chi connectivity index (χ2v) is 7.14. The molecule has 0 spiro atoms. The molecule has 0 saturated carbocycles. The fraction of sp³-hybridized carbons (Fsp3) is 0.538. The number of carbonyl (C=O) groups is 1. The van der Waals surface area contributed by atoms with Crippen LogP contribution in [0.25, 0.3) is 0 Å². The highest BCUT2D eigenvalue weighted by atomic mass is 35.5. The molecule has 8 heteroatoms. The second kappa shape index (κ2) is 7.72. The highest BCUT2D eigenvalue weighted by molar-refractivity contribution is 7.89. The number of halogens is 1. The van der Waals surface area contributed by atoms with Crippen molar-refractivity contribution in [3.05, 3.63) is 23.5 Å². The molecule has 1 aromatic rings. The second-order valence-electron chi connectivity index (χ2n) is 4.81. The molecule has 0 unspecified atom stereocenters. The number of carbonyl (C=O) groups excluding carboxylic acids is 1. The van der Waals surface area contributed by atoms with Gasteiger partial charge in [-0.05, 0) is 25.0 Å². The number of rotatable bonds is 7. The molecule has 0 aliphatic carbocycles. The van der Waals surface area contributed by atoms with Crippen molar-refractivity contribution in [2.75, 3.05) is 19.7 Å². The Bertz CT molecular complexity index is 590. The van der Waals surface area contributed by atoms with Crippen LogP contribution in [0.3, 0.4) is 0 Å². The van der Waals surface area contributed by atoms with E-state index in [2.05, 4.69) is 4.98 Å². The van der Waals surface area contributed by atoms with Crippen LogP contribution in [0.4, 0.5) is 0 Å². The molecule has 0 aliphatic heterocycles. The lowest BCUT2D eigenvalue weighted by molar-refractivity contribution is -0.143. The lowest BCUT2D eigenvalue weighted by Crippen LogP contribution is -2.38. The van der Waals surface area contributed by atoms with E-state index in [0.717, 1.165) is 4.31 Å². The zero-order valence-electron chi connectivity index (χ0n) is 12.2. The fourth-order valence-corrected chi connectivity index (χ4v) is 3.50. The summed E-state index contributed by atoms with van der Waals surface area (Å²) in [7, 11) is -3.82. The van der Waals surface area contributed by atoms with Crippen LogP contribution < -0.4 is 0 Å². The molecule has 0 bridgehead atoms. The zero-order valence-corrected chi connectivity index (χ0v) is 13.8. The van der Waals surface area contributed by atoms with Crippen molar-refractivity contribution in [1.82, 2.24) is 9.29 Å². The monoisotopic (exact) mass is 334 g/mol. The van der Waals surface area contributed by atoms with Crippen molar-refractivity contribution >= 4 is 27.6 Å². The Labute approximate surface area is 130 Å². The van der Waals surface area contributed by atoms with Gasteiger partial charge in [-0.15, -0.1) is 0 Å². The number of hydrogen-bond donors (Lipinski definition) is 0. The van der Waals surface area contributed by atoms with E-state index < -0.39 is 16.0 Å². The summed E-state index contributed by atoms with van der Waals surface area (Å²) in [6.45, 7) is 5.49. The first-order valence-electron chi connectivity index (χ1n) is 6.54. The van der Waals surface area contributed by atoms with Gasteiger partial charge in [-0.3, -0.25) is 4.79 Å². The summed E-state index contributed by atoms with van der Waals surface area (Å²) in [6, 6.07) is 2.61. The van der Waals surface area contributed by atoms with E-state index in [1.807, 2.05) is 13.8 Å². The highest BCUT2D eigenvalue weighted by Gasteiger charge is 2.28. The summed E-state index contributed by atoms with van der Waals surface area (Å²) in [4.78, 5) is 15.4. The van der Waals surface area contributed by atoms with Gasteiger partial charge in [0.2, 0.25) is 10.0 Å². The standard InChI is InChI=1S/C13H19ClN2O4S/c1-4-20-13(17)9-16(8-10(2)3)21(18,19)11-5-6-15-12(14)7-11/h5-7,10H,4,8-9H2,1-3H3. The predicted molar refractivity (Wildman–Crippen MR) is 79.5 cm³/mol. The average Bonchev–Trinajstić information content (AvgIpc) is 2.37. The topological polar surface area (TPSA) is 76.6 Å². The van der Waals surface area contributed by atoms with Crippen LogP contribution in [0.1, 0.15) is 20.8 Å². The number of hydrogen-bond acceptors (Lipinski definition) is 5. The first-order chi connectivity index (χ1) is 9.77. The zero-order chi connectivity index (χ0) is 16.0. The third-order valence-electron chi connectivity index (χ3n) is 2.52. The number of sulfonamides is 1. The van der Waals surface area contributed by atoms with Gasteiger partial charge in [-0.2, -0.15) is 4.31 Å². The van der Waals surface area contributed by atoms with Crippen LogP contribution >= 0.6 is 11.6 Å².